The molecule has 6 heteroatoms. The first-order chi connectivity index (χ1) is 14.3. The molecule has 0 bridgehead atoms. The van der Waals surface area contributed by atoms with Crippen molar-refractivity contribution in [1.82, 2.24) is 14.8 Å². The maximum absolute atomic E-state index is 12.4. The molecule has 3 heterocycles. The van der Waals surface area contributed by atoms with E-state index < -0.39 is 0 Å². The Morgan fingerprint density at radius 3 is 2.28 bits per heavy atom. The minimum atomic E-state index is 0.0803. The van der Waals surface area contributed by atoms with Crippen LogP contribution in [0.15, 0.2) is 54.9 Å². The fraction of sp³-hybridized carbons (Fsp3) is 0.478. The zero-order valence-electron chi connectivity index (χ0n) is 16.8. The molecule has 154 valence electrons. The fourth-order valence-electron chi connectivity index (χ4n) is 4.20. The zero-order chi connectivity index (χ0) is 19.9. The van der Waals surface area contributed by atoms with E-state index in [0.717, 1.165) is 63.4 Å². The molecule has 6 nitrogen and oxygen atoms in total. The minimum Gasteiger partial charge on any atom is -0.490 e. The second-order valence-corrected chi connectivity index (χ2v) is 7.75. The predicted molar refractivity (Wildman–Crippen MR) is 111 cm³/mol. The lowest BCUT2D eigenvalue weighted by atomic mass is 9.99. The number of piperidine rings is 2. The van der Waals surface area contributed by atoms with E-state index in [1.807, 2.05) is 47.4 Å². The summed E-state index contributed by atoms with van der Waals surface area (Å²) in [4.78, 5) is 21.0. The number of hydrogen-bond donors (Lipinski definition) is 0. The van der Waals surface area contributed by atoms with Crippen LogP contribution in [0.4, 0.5) is 0 Å². The summed E-state index contributed by atoms with van der Waals surface area (Å²) in [5.41, 5.74) is 0. The van der Waals surface area contributed by atoms with Gasteiger partial charge in [0.15, 0.2) is 6.61 Å². The van der Waals surface area contributed by atoms with Crippen molar-refractivity contribution in [2.45, 2.75) is 37.8 Å². The van der Waals surface area contributed by atoms with Gasteiger partial charge in [-0.1, -0.05) is 18.2 Å². The lowest BCUT2D eigenvalue weighted by Crippen LogP contribution is -2.50. The van der Waals surface area contributed by atoms with E-state index in [-0.39, 0.29) is 18.6 Å². The number of ether oxygens (including phenoxy) is 2. The molecule has 2 fully saturated rings. The topological polar surface area (TPSA) is 54.9 Å². The van der Waals surface area contributed by atoms with Crippen LogP contribution in [0.2, 0.25) is 0 Å². The predicted octanol–water partition coefficient (Wildman–Crippen LogP) is 2.99. The van der Waals surface area contributed by atoms with E-state index in [1.165, 1.54) is 0 Å². The van der Waals surface area contributed by atoms with Crippen LogP contribution in [-0.2, 0) is 4.79 Å². The molecule has 1 aromatic heterocycles. The summed E-state index contributed by atoms with van der Waals surface area (Å²) in [6.07, 6.45) is 7.98. The largest absolute Gasteiger partial charge is 0.490 e. The Labute approximate surface area is 172 Å². The average Bonchev–Trinajstić information content (AvgIpc) is 2.79. The summed E-state index contributed by atoms with van der Waals surface area (Å²) < 4.78 is 11.7. The third kappa shape index (κ3) is 5.48. The SMILES string of the molecule is O=C(COc1ccccc1)N1CCC(N2CCC(Oc3ccncc3)CC2)CC1. The first kappa shape index (κ1) is 19.7. The molecular weight excluding hydrogens is 366 g/mol. The molecule has 2 aliphatic heterocycles. The van der Waals surface area contributed by atoms with E-state index in [9.17, 15) is 4.79 Å². The molecule has 0 unspecified atom stereocenters. The first-order valence-corrected chi connectivity index (χ1v) is 10.5. The third-order valence-corrected chi connectivity index (χ3v) is 5.87. The van der Waals surface area contributed by atoms with Crippen molar-refractivity contribution in [2.24, 2.45) is 0 Å². The zero-order valence-corrected chi connectivity index (χ0v) is 16.8. The van der Waals surface area contributed by atoms with Gasteiger partial charge in [-0.2, -0.15) is 0 Å². The van der Waals surface area contributed by atoms with Crippen molar-refractivity contribution in [2.75, 3.05) is 32.8 Å². The second-order valence-electron chi connectivity index (χ2n) is 7.75. The molecule has 0 atom stereocenters. The van der Waals surface area contributed by atoms with Gasteiger partial charge in [-0.3, -0.25) is 14.7 Å². The lowest BCUT2D eigenvalue weighted by Gasteiger charge is -2.41. The highest BCUT2D eigenvalue weighted by Gasteiger charge is 2.30. The fourth-order valence-corrected chi connectivity index (χ4v) is 4.20. The van der Waals surface area contributed by atoms with Gasteiger partial charge in [-0.05, 0) is 49.9 Å². The Morgan fingerprint density at radius 2 is 1.59 bits per heavy atom. The standard InChI is InChI=1S/C23H29N3O3/c27-23(18-28-20-4-2-1-3-5-20)26-14-8-19(9-15-26)25-16-10-22(11-17-25)29-21-6-12-24-13-7-21/h1-7,12-13,19,22H,8-11,14-18H2. The van der Waals surface area contributed by atoms with Crippen molar-refractivity contribution in [3.05, 3.63) is 54.9 Å². The van der Waals surface area contributed by atoms with Crippen LogP contribution in [0.25, 0.3) is 0 Å². The van der Waals surface area contributed by atoms with E-state index in [2.05, 4.69) is 9.88 Å². The van der Waals surface area contributed by atoms with Gasteiger partial charge in [-0.15, -0.1) is 0 Å². The molecule has 0 radical (unpaired) electrons. The van der Waals surface area contributed by atoms with Crippen molar-refractivity contribution >= 4 is 5.91 Å². The number of aromatic nitrogens is 1. The highest BCUT2D eigenvalue weighted by molar-refractivity contribution is 5.77. The summed E-state index contributed by atoms with van der Waals surface area (Å²) in [6.45, 7) is 3.87. The molecule has 2 aromatic rings. The smallest absolute Gasteiger partial charge is 0.260 e. The van der Waals surface area contributed by atoms with Crippen LogP contribution in [0.1, 0.15) is 25.7 Å². The van der Waals surface area contributed by atoms with Gasteiger partial charge in [-0.25, -0.2) is 0 Å². The average molecular weight is 396 g/mol. The number of carbonyl (C=O) groups excluding carboxylic acids is 1. The van der Waals surface area contributed by atoms with Crippen LogP contribution in [-0.4, -0.2) is 65.6 Å². The minimum absolute atomic E-state index is 0.0803. The van der Waals surface area contributed by atoms with Gasteiger partial charge in [0.2, 0.25) is 0 Å². The molecule has 4 rings (SSSR count). The number of hydrogen-bond acceptors (Lipinski definition) is 5. The molecule has 2 saturated heterocycles. The normalized spacial score (nSPS) is 19.1. The molecular formula is C23H29N3O3. The number of carbonyl (C=O) groups is 1. The Morgan fingerprint density at radius 1 is 0.897 bits per heavy atom. The maximum Gasteiger partial charge on any atom is 0.260 e. The Balaban J connectivity index is 1.17. The summed E-state index contributed by atoms with van der Waals surface area (Å²) in [5, 5.41) is 0. The number of para-hydroxylation sites is 1. The molecule has 1 aromatic carbocycles. The van der Waals surface area contributed by atoms with Gasteiger partial charge in [0.05, 0.1) is 0 Å². The van der Waals surface area contributed by atoms with Gasteiger partial charge >= 0.3 is 0 Å². The van der Waals surface area contributed by atoms with Gasteiger partial charge < -0.3 is 14.4 Å². The number of likely N-dealkylation sites (tertiary alicyclic amines) is 2. The highest BCUT2D eigenvalue weighted by atomic mass is 16.5. The number of pyridine rings is 1. The molecule has 0 spiro atoms. The monoisotopic (exact) mass is 395 g/mol. The molecule has 29 heavy (non-hydrogen) atoms. The van der Waals surface area contributed by atoms with Crippen LogP contribution in [0.5, 0.6) is 11.5 Å². The van der Waals surface area contributed by atoms with E-state index in [4.69, 9.17) is 9.47 Å². The van der Waals surface area contributed by atoms with Crippen LogP contribution in [0.3, 0.4) is 0 Å². The van der Waals surface area contributed by atoms with Crippen LogP contribution < -0.4 is 9.47 Å². The quantitative estimate of drug-likeness (QED) is 0.753. The summed E-state index contributed by atoms with van der Waals surface area (Å²) in [5.74, 6) is 1.73. The molecule has 1 amide bonds. The van der Waals surface area contributed by atoms with Crippen LogP contribution in [0, 0.1) is 0 Å². The van der Waals surface area contributed by atoms with Crippen molar-refractivity contribution in [3.8, 4) is 11.5 Å². The Hall–Kier alpha value is -2.60. The molecule has 2 aliphatic rings. The van der Waals surface area contributed by atoms with E-state index in [0.29, 0.717) is 6.04 Å². The second kappa shape index (κ2) is 9.74. The van der Waals surface area contributed by atoms with Gasteiger partial charge in [0, 0.05) is 44.6 Å². The first-order valence-electron chi connectivity index (χ1n) is 10.5. The van der Waals surface area contributed by atoms with Crippen LogP contribution >= 0.6 is 0 Å². The maximum atomic E-state index is 12.4. The molecule has 0 N–H and O–H groups in total. The van der Waals surface area contributed by atoms with Gasteiger partial charge in [0.1, 0.15) is 17.6 Å². The Bertz CT molecular complexity index is 755. The third-order valence-electron chi connectivity index (χ3n) is 5.87. The number of nitrogens with zero attached hydrogens (tertiary/aromatic N) is 3. The summed E-state index contributed by atoms with van der Waals surface area (Å²) >= 11 is 0. The molecule has 0 aliphatic carbocycles. The highest BCUT2D eigenvalue weighted by Crippen LogP contribution is 2.24. The Kier molecular flexibility index (Phi) is 6.62. The number of rotatable bonds is 6. The van der Waals surface area contributed by atoms with Gasteiger partial charge in [0.25, 0.3) is 5.91 Å². The van der Waals surface area contributed by atoms with E-state index >= 15 is 0 Å². The summed E-state index contributed by atoms with van der Waals surface area (Å²) in [7, 11) is 0. The lowest BCUT2D eigenvalue weighted by molar-refractivity contribution is -0.135. The molecule has 0 saturated carbocycles. The number of amides is 1. The summed E-state index contributed by atoms with van der Waals surface area (Å²) in [6, 6.07) is 13.9. The van der Waals surface area contributed by atoms with E-state index in [1.54, 1.807) is 12.4 Å². The van der Waals surface area contributed by atoms with Crippen molar-refractivity contribution in [1.29, 1.82) is 0 Å². The van der Waals surface area contributed by atoms with Crippen molar-refractivity contribution in [3.63, 3.8) is 0 Å². The number of benzene rings is 1. The van der Waals surface area contributed by atoms with Crippen molar-refractivity contribution < 1.29 is 14.3 Å².